The van der Waals surface area contributed by atoms with E-state index in [0.717, 1.165) is 29.1 Å². The molecule has 25 heavy (non-hydrogen) atoms. The fourth-order valence-electron chi connectivity index (χ4n) is 2.80. The van der Waals surface area contributed by atoms with E-state index >= 15 is 0 Å². The number of aryl methyl sites for hydroxylation is 1. The number of hydrogen-bond donors (Lipinski definition) is 2. The van der Waals surface area contributed by atoms with Crippen LogP contribution in [0.4, 0.5) is 0 Å². The lowest BCUT2D eigenvalue weighted by atomic mass is 10.1. The van der Waals surface area contributed by atoms with Crippen molar-refractivity contribution in [2.45, 2.75) is 39.4 Å². The lowest BCUT2D eigenvalue weighted by molar-refractivity contribution is 0.365. The molecule has 2 aromatic heterocycles. The van der Waals surface area contributed by atoms with E-state index in [0.29, 0.717) is 0 Å². The molecule has 6 heteroatoms. The summed E-state index contributed by atoms with van der Waals surface area (Å²) in [4.78, 5) is 0. The molecule has 0 saturated carbocycles. The number of benzene rings is 1. The summed E-state index contributed by atoms with van der Waals surface area (Å²) in [6, 6.07) is 8.52. The zero-order chi connectivity index (χ0) is 17.8. The highest BCUT2D eigenvalue weighted by Gasteiger charge is 2.16. The van der Waals surface area contributed by atoms with E-state index in [1.165, 1.54) is 5.56 Å². The summed E-state index contributed by atoms with van der Waals surface area (Å²) in [6.07, 6.45) is 5.83. The molecule has 2 atom stereocenters. The molecular formula is C19H25N5O. The van der Waals surface area contributed by atoms with Gasteiger partial charge in [-0.2, -0.15) is 10.2 Å². The lowest BCUT2D eigenvalue weighted by Crippen LogP contribution is -2.33. The quantitative estimate of drug-likeness (QED) is 0.693. The van der Waals surface area contributed by atoms with E-state index in [-0.39, 0.29) is 12.1 Å². The molecule has 3 aromatic rings. The average Bonchev–Trinajstić information content (AvgIpc) is 3.28. The standard InChI is InChI=1S/C19H25N5O/c1-13-9-22-24(12-13)15(3)14(2)20-10-17-11-21-23-19(17)16-6-5-7-18(8-16)25-4/h5-9,11-12,14-15,20H,10H2,1-4H3,(H,21,23)/t14-,15+/m0/s1. The average molecular weight is 339 g/mol. The molecule has 0 aliphatic carbocycles. The molecule has 1 aromatic carbocycles. The van der Waals surface area contributed by atoms with E-state index in [4.69, 9.17) is 4.74 Å². The second-order valence-electron chi connectivity index (χ2n) is 6.41. The normalized spacial score (nSPS) is 13.6. The fourth-order valence-corrected chi connectivity index (χ4v) is 2.80. The molecule has 0 amide bonds. The van der Waals surface area contributed by atoms with Gasteiger partial charge in [0, 0.05) is 29.9 Å². The highest BCUT2D eigenvalue weighted by Crippen LogP contribution is 2.25. The Morgan fingerprint density at radius 1 is 1.28 bits per heavy atom. The molecule has 0 saturated heterocycles. The van der Waals surface area contributed by atoms with Crippen molar-refractivity contribution in [2.75, 3.05) is 7.11 Å². The topological polar surface area (TPSA) is 67.8 Å². The van der Waals surface area contributed by atoms with Crippen molar-refractivity contribution in [3.05, 3.63) is 54.0 Å². The summed E-state index contributed by atoms with van der Waals surface area (Å²) < 4.78 is 7.32. The van der Waals surface area contributed by atoms with Crippen molar-refractivity contribution in [2.24, 2.45) is 0 Å². The number of ether oxygens (including phenoxy) is 1. The lowest BCUT2D eigenvalue weighted by Gasteiger charge is -2.22. The number of methoxy groups -OCH3 is 1. The minimum Gasteiger partial charge on any atom is -0.497 e. The first-order valence-electron chi connectivity index (χ1n) is 8.49. The third-order valence-corrected chi connectivity index (χ3v) is 4.56. The molecule has 0 spiro atoms. The molecular weight excluding hydrogens is 314 g/mol. The molecule has 0 radical (unpaired) electrons. The van der Waals surface area contributed by atoms with Gasteiger partial charge >= 0.3 is 0 Å². The minimum absolute atomic E-state index is 0.265. The van der Waals surface area contributed by atoms with Crippen LogP contribution in [0.3, 0.4) is 0 Å². The molecule has 0 unspecified atom stereocenters. The first kappa shape index (κ1) is 17.2. The van der Waals surface area contributed by atoms with Gasteiger partial charge in [0.25, 0.3) is 0 Å². The predicted octanol–water partition coefficient (Wildman–Crippen LogP) is 3.33. The van der Waals surface area contributed by atoms with Crippen LogP contribution in [0.2, 0.25) is 0 Å². The maximum Gasteiger partial charge on any atom is 0.119 e. The van der Waals surface area contributed by atoms with E-state index in [1.54, 1.807) is 7.11 Å². The highest BCUT2D eigenvalue weighted by atomic mass is 16.5. The molecule has 132 valence electrons. The first-order chi connectivity index (χ1) is 12.1. The molecule has 3 rings (SSSR count). The van der Waals surface area contributed by atoms with Gasteiger partial charge in [-0.1, -0.05) is 12.1 Å². The van der Waals surface area contributed by atoms with Gasteiger partial charge in [0.1, 0.15) is 5.75 Å². The largest absolute Gasteiger partial charge is 0.497 e. The number of nitrogens with one attached hydrogen (secondary N) is 2. The van der Waals surface area contributed by atoms with Gasteiger partial charge in [0.15, 0.2) is 0 Å². The van der Waals surface area contributed by atoms with Crippen LogP contribution < -0.4 is 10.1 Å². The Morgan fingerprint density at radius 3 is 2.84 bits per heavy atom. The maximum atomic E-state index is 5.31. The van der Waals surface area contributed by atoms with Crippen molar-refractivity contribution in [3.8, 4) is 17.0 Å². The Bertz CT molecular complexity index is 823. The Kier molecular flexibility index (Phi) is 5.19. The van der Waals surface area contributed by atoms with Crippen LogP contribution in [0.5, 0.6) is 5.75 Å². The third kappa shape index (κ3) is 3.91. The summed E-state index contributed by atoms with van der Waals surface area (Å²) in [7, 11) is 1.68. The molecule has 0 aliphatic rings. The summed E-state index contributed by atoms with van der Waals surface area (Å²) in [6.45, 7) is 7.13. The molecule has 0 bridgehead atoms. The smallest absolute Gasteiger partial charge is 0.119 e. The summed E-state index contributed by atoms with van der Waals surface area (Å²) >= 11 is 0. The second-order valence-corrected chi connectivity index (χ2v) is 6.41. The molecule has 6 nitrogen and oxygen atoms in total. The SMILES string of the molecule is COc1cccc(-c2[nH]ncc2CN[C@@H](C)[C@@H](C)n2cc(C)cn2)c1. The van der Waals surface area contributed by atoms with Crippen LogP contribution in [0.1, 0.15) is 31.0 Å². The van der Waals surface area contributed by atoms with Crippen LogP contribution in [0.25, 0.3) is 11.3 Å². The zero-order valence-corrected chi connectivity index (χ0v) is 15.2. The number of rotatable bonds is 7. The van der Waals surface area contributed by atoms with Gasteiger partial charge in [-0.15, -0.1) is 0 Å². The van der Waals surface area contributed by atoms with Crippen molar-refractivity contribution in [1.82, 2.24) is 25.3 Å². The number of H-pyrrole nitrogens is 1. The fraction of sp³-hybridized carbons (Fsp3) is 0.368. The zero-order valence-electron chi connectivity index (χ0n) is 15.2. The number of nitrogens with zero attached hydrogens (tertiary/aromatic N) is 3. The van der Waals surface area contributed by atoms with Gasteiger partial charge in [-0.3, -0.25) is 9.78 Å². The van der Waals surface area contributed by atoms with Crippen LogP contribution in [-0.4, -0.2) is 33.1 Å². The Hall–Kier alpha value is -2.60. The Morgan fingerprint density at radius 2 is 2.12 bits per heavy atom. The second kappa shape index (κ2) is 7.53. The molecule has 2 heterocycles. The summed E-state index contributed by atoms with van der Waals surface area (Å²) in [5.41, 5.74) is 4.39. The van der Waals surface area contributed by atoms with Crippen LogP contribution in [-0.2, 0) is 6.54 Å². The Balaban J connectivity index is 1.69. The van der Waals surface area contributed by atoms with E-state index in [2.05, 4.69) is 53.6 Å². The van der Waals surface area contributed by atoms with Gasteiger partial charge < -0.3 is 10.1 Å². The Labute approximate surface area is 148 Å². The van der Waals surface area contributed by atoms with Gasteiger partial charge in [0.05, 0.1) is 31.2 Å². The predicted molar refractivity (Wildman–Crippen MR) is 98.6 cm³/mol. The van der Waals surface area contributed by atoms with Crippen molar-refractivity contribution < 1.29 is 4.74 Å². The van der Waals surface area contributed by atoms with Gasteiger partial charge in [-0.25, -0.2) is 0 Å². The van der Waals surface area contributed by atoms with Gasteiger partial charge in [0.2, 0.25) is 0 Å². The number of hydrogen-bond acceptors (Lipinski definition) is 4. The summed E-state index contributed by atoms with van der Waals surface area (Å²) in [5.74, 6) is 0.835. The van der Waals surface area contributed by atoms with Crippen molar-refractivity contribution in [1.29, 1.82) is 0 Å². The maximum absolute atomic E-state index is 5.31. The third-order valence-electron chi connectivity index (χ3n) is 4.56. The monoisotopic (exact) mass is 339 g/mol. The minimum atomic E-state index is 0.265. The van der Waals surface area contributed by atoms with Crippen molar-refractivity contribution in [3.63, 3.8) is 0 Å². The van der Waals surface area contributed by atoms with Gasteiger partial charge in [-0.05, 0) is 38.5 Å². The highest BCUT2D eigenvalue weighted by molar-refractivity contribution is 5.64. The molecule has 0 aliphatic heterocycles. The van der Waals surface area contributed by atoms with Crippen LogP contribution >= 0.6 is 0 Å². The summed E-state index contributed by atoms with van der Waals surface area (Å²) in [5, 5.41) is 15.3. The molecule has 2 N–H and O–H groups in total. The van der Waals surface area contributed by atoms with Crippen LogP contribution in [0, 0.1) is 6.92 Å². The van der Waals surface area contributed by atoms with Crippen LogP contribution in [0.15, 0.2) is 42.9 Å². The number of aromatic nitrogens is 4. The van der Waals surface area contributed by atoms with E-state index < -0.39 is 0 Å². The first-order valence-corrected chi connectivity index (χ1v) is 8.49. The van der Waals surface area contributed by atoms with E-state index in [1.807, 2.05) is 35.3 Å². The van der Waals surface area contributed by atoms with E-state index in [9.17, 15) is 0 Å². The van der Waals surface area contributed by atoms with Crippen molar-refractivity contribution >= 4 is 0 Å². The number of aromatic amines is 1. The molecule has 0 fully saturated rings.